The van der Waals surface area contributed by atoms with Crippen LogP contribution in [0.5, 0.6) is 0 Å². The number of rotatable bonds is 6. The molecule has 0 atom stereocenters. The van der Waals surface area contributed by atoms with Crippen LogP contribution in [0, 0.1) is 17.5 Å². The molecule has 0 radical (unpaired) electrons. The van der Waals surface area contributed by atoms with Crippen molar-refractivity contribution in [3.05, 3.63) is 70.5 Å². The first kappa shape index (κ1) is 24.2. The second-order valence-electron chi connectivity index (χ2n) is 6.00. The van der Waals surface area contributed by atoms with Gasteiger partial charge in [-0.1, -0.05) is 6.07 Å². The van der Waals surface area contributed by atoms with E-state index in [1.165, 1.54) is 25.2 Å². The molecule has 2 aromatic carbocycles. The van der Waals surface area contributed by atoms with Gasteiger partial charge in [0.1, 0.15) is 17.5 Å². The van der Waals surface area contributed by atoms with Crippen LogP contribution in [0.2, 0.25) is 0 Å². The van der Waals surface area contributed by atoms with Crippen LogP contribution >= 0.6 is 24.0 Å². The Hall–Kier alpha value is -1.82. The quantitative estimate of drug-likeness (QED) is 0.344. The maximum atomic E-state index is 13.7. The third kappa shape index (κ3) is 7.66. The van der Waals surface area contributed by atoms with Gasteiger partial charge in [0.15, 0.2) is 15.8 Å². The zero-order valence-corrected chi connectivity index (χ0v) is 18.4. The second kappa shape index (κ2) is 10.6. The third-order valence-electron chi connectivity index (χ3n) is 3.71. The molecule has 0 aliphatic carbocycles. The van der Waals surface area contributed by atoms with E-state index < -0.39 is 27.3 Å². The Labute approximate surface area is 179 Å². The average molecular weight is 527 g/mol. The van der Waals surface area contributed by atoms with Crippen molar-refractivity contribution >= 4 is 39.8 Å². The monoisotopic (exact) mass is 527 g/mol. The molecule has 0 saturated heterocycles. The lowest BCUT2D eigenvalue weighted by atomic mass is 10.1. The second-order valence-corrected chi connectivity index (χ2v) is 8.14. The lowest BCUT2D eigenvalue weighted by Crippen LogP contribution is -2.36. The molecule has 0 aliphatic rings. The van der Waals surface area contributed by atoms with Crippen LogP contribution in [0.3, 0.4) is 0 Å². The molecule has 5 nitrogen and oxygen atoms in total. The van der Waals surface area contributed by atoms with Gasteiger partial charge in [-0.2, -0.15) is 0 Å². The van der Waals surface area contributed by atoms with E-state index in [1.54, 1.807) is 0 Å². The Morgan fingerprint density at radius 3 is 2.04 bits per heavy atom. The number of halogens is 4. The summed E-state index contributed by atoms with van der Waals surface area (Å²) in [6.45, 7) is 0.0938. The first-order valence-electron chi connectivity index (χ1n) is 8.01. The fourth-order valence-electron chi connectivity index (χ4n) is 2.44. The van der Waals surface area contributed by atoms with E-state index in [9.17, 15) is 21.6 Å². The van der Waals surface area contributed by atoms with Crippen LogP contribution in [0.15, 0.2) is 41.4 Å². The Bertz CT molecular complexity index is 953. The molecule has 0 heterocycles. The normalized spacial score (nSPS) is 11.7. The van der Waals surface area contributed by atoms with Gasteiger partial charge in [-0.25, -0.2) is 21.6 Å². The molecule has 0 saturated carbocycles. The summed E-state index contributed by atoms with van der Waals surface area (Å²) < 4.78 is 63.5. The highest BCUT2D eigenvalue weighted by molar-refractivity contribution is 14.0. The van der Waals surface area contributed by atoms with Gasteiger partial charge in [-0.3, -0.25) is 4.99 Å². The Kier molecular flexibility index (Phi) is 9.21. The first-order valence-corrected chi connectivity index (χ1v) is 10.1. The molecule has 154 valence electrons. The minimum atomic E-state index is -3.29. The number of benzene rings is 2. The van der Waals surface area contributed by atoms with Gasteiger partial charge in [0.2, 0.25) is 0 Å². The molecule has 0 amide bonds. The molecule has 2 aromatic rings. The Balaban J connectivity index is 0.00000392. The maximum absolute atomic E-state index is 13.7. The van der Waals surface area contributed by atoms with Crippen molar-refractivity contribution in [2.75, 3.05) is 13.3 Å². The molecule has 2 N–H and O–H groups in total. The highest BCUT2D eigenvalue weighted by Gasteiger charge is 2.11. The summed E-state index contributed by atoms with van der Waals surface area (Å²) in [4.78, 5) is 3.96. The first-order chi connectivity index (χ1) is 12.7. The van der Waals surface area contributed by atoms with E-state index >= 15 is 0 Å². The summed E-state index contributed by atoms with van der Waals surface area (Å²) in [5.74, 6) is -1.55. The van der Waals surface area contributed by atoms with E-state index in [2.05, 4.69) is 15.6 Å². The van der Waals surface area contributed by atoms with Gasteiger partial charge < -0.3 is 10.6 Å². The molecule has 0 aromatic heterocycles. The van der Waals surface area contributed by atoms with Crippen molar-refractivity contribution in [2.24, 2.45) is 4.99 Å². The van der Waals surface area contributed by atoms with Gasteiger partial charge >= 0.3 is 0 Å². The summed E-state index contributed by atoms with van der Waals surface area (Å²) in [5, 5.41) is 5.73. The summed E-state index contributed by atoms with van der Waals surface area (Å²) >= 11 is 0. The number of aliphatic imine (C=N–C) groups is 1. The minimum Gasteiger partial charge on any atom is -0.352 e. The average Bonchev–Trinajstić information content (AvgIpc) is 2.59. The van der Waals surface area contributed by atoms with Crippen LogP contribution in [0.1, 0.15) is 16.7 Å². The minimum absolute atomic E-state index is 0. The molecule has 0 fully saturated rings. The fourth-order valence-corrected chi connectivity index (χ4v) is 3.29. The van der Waals surface area contributed by atoms with Crippen molar-refractivity contribution in [2.45, 2.75) is 18.8 Å². The molecule has 28 heavy (non-hydrogen) atoms. The van der Waals surface area contributed by atoms with Gasteiger partial charge in [-0.15, -0.1) is 24.0 Å². The van der Waals surface area contributed by atoms with Gasteiger partial charge in [0.25, 0.3) is 0 Å². The lowest BCUT2D eigenvalue weighted by Gasteiger charge is -2.14. The van der Waals surface area contributed by atoms with Gasteiger partial charge in [0, 0.05) is 32.0 Å². The van der Waals surface area contributed by atoms with Crippen molar-refractivity contribution in [3.63, 3.8) is 0 Å². The highest BCUT2D eigenvalue weighted by Crippen LogP contribution is 2.14. The summed E-state index contributed by atoms with van der Waals surface area (Å²) in [6, 6.07) is 7.00. The summed E-state index contributed by atoms with van der Waals surface area (Å²) in [6.07, 6.45) is 1.10. The van der Waals surface area contributed by atoms with E-state index in [0.717, 1.165) is 24.5 Å². The third-order valence-corrected chi connectivity index (χ3v) is 4.55. The number of nitrogens with zero attached hydrogens (tertiary/aromatic N) is 1. The van der Waals surface area contributed by atoms with Crippen LogP contribution < -0.4 is 10.6 Å². The van der Waals surface area contributed by atoms with Crippen molar-refractivity contribution < 1.29 is 21.6 Å². The van der Waals surface area contributed by atoms with E-state index in [0.29, 0.717) is 11.1 Å². The van der Waals surface area contributed by atoms with E-state index in [-0.39, 0.29) is 54.3 Å². The zero-order valence-electron chi connectivity index (χ0n) is 15.3. The van der Waals surface area contributed by atoms with E-state index in [1.807, 2.05) is 0 Å². The van der Waals surface area contributed by atoms with Crippen LogP contribution in [-0.4, -0.2) is 27.7 Å². The molecule has 0 aliphatic heterocycles. The van der Waals surface area contributed by atoms with Crippen molar-refractivity contribution in [1.29, 1.82) is 0 Å². The van der Waals surface area contributed by atoms with Crippen LogP contribution in [-0.2, 0) is 28.7 Å². The number of hydrogen-bond acceptors (Lipinski definition) is 3. The standard InChI is InChI=1S/C18H20F3N3O2S.HI/c1-22-18(24-10-14-8-16(20)5-6-17(14)21)23-9-13-7-15(19)4-3-12(13)11-27(2,25)26;/h3-8H,9-11H2,1-2H3,(H2,22,23,24);1H. The molecular weight excluding hydrogens is 506 g/mol. The SMILES string of the molecule is CN=C(NCc1cc(F)ccc1F)NCc1cc(F)ccc1CS(C)(=O)=O.I. The van der Waals surface area contributed by atoms with Crippen molar-refractivity contribution in [1.82, 2.24) is 10.6 Å². The topological polar surface area (TPSA) is 70.6 Å². The number of nitrogens with one attached hydrogen (secondary N) is 2. The predicted molar refractivity (Wildman–Crippen MR) is 114 cm³/mol. The molecule has 10 heteroatoms. The van der Waals surface area contributed by atoms with Gasteiger partial charge in [-0.05, 0) is 41.5 Å². The van der Waals surface area contributed by atoms with Crippen molar-refractivity contribution in [3.8, 4) is 0 Å². The maximum Gasteiger partial charge on any atom is 0.191 e. The fraction of sp³-hybridized carbons (Fsp3) is 0.278. The number of guanidine groups is 1. The molecule has 2 rings (SSSR count). The molecule has 0 spiro atoms. The largest absolute Gasteiger partial charge is 0.352 e. The summed E-state index contributed by atoms with van der Waals surface area (Å²) in [7, 11) is -1.80. The van der Waals surface area contributed by atoms with Crippen LogP contribution in [0.25, 0.3) is 0 Å². The summed E-state index contributed by atoms with van der Waals surface area (Å²) in [5.41, 5.74) is 1.06. The van der Waals surface area contributed by atoms with Crippen LogP contribution in [0.4, 0.5) is 13.2 Å². The highest BCUT2D eigenvalue weighted by atomic mass is 127. The number of hydrogen-bond donors (Lipinski definition) is 2. The van der Waals surface area contributed by atoms with Gasteiger partial charge in [0.05, 0.1) is 5.75 Å². The lowest BCUT2D eigenvalue weighted by molar-refractivity contribution is 0.581. The smallest absolute Gasteiger partial charge is 0.191 e. The number of sulfone groups is 1. The van der Waals surface area contributed by atoms with E-state index in [4.69, 9.17) is 0 Å². The molecule has 0 bridgehead atoms. The zero-order chi connectivity index (χ0) is 20.0. The predicted octanol–water partition coefficient (Wildman–Crippen LogP) is 3.13. The Morgan fingerprint density at radius 1 is 0.929 bits per heavy atom. The molecular formula is C18H21F3IN3O2S. The molecule has 0 unspecified atom stereocenters. The Morgan fingerprint density at radius 2 is 1.46 bits per heavy atom.